The lowest BCUT2D eigenvalue weighted by atomic mass is 9.95. The fourth-order valence-corrected chi connectivity index (χ4v) is 3.20. The van der Waals surface area contributed by atoms with Crippen molar-refractivity contribution in [3.05, 3.63) is 92.7 Å². The molecule has 162 valence electrons. The molecule has 0 spiro atoms. The summed E-state index contributed by atoms with van der Waals surface area (Å²) in [6, 6.07) is 16.3. The molecule has 1 aliphatic rings. The molecule has 11 heteroatoms. The maximum atomic E-state index is 15.2. The fraction of sp³-hybridized carbons (Fsp3) is 0.400. The largest absolute Gasteiger partial charge is 0.367 e. The van der Waals surface area contributed by atoms with Crippen molar-refractivity contribution in [2.45, 2.75) is 43.7 Å². The van der Waals surface area contributed by atoms with Crippen LogP contribution in [0.3, 0.4) is 0 Å². The van der Waals surface area contributed by atoms with E-state index in [1.54, 1.807) is 54.6 Å². The first-order chi connectivity index (χ1) is 15.1. The van der Waals surface area contributed by atoms with Gasteiger partial charge in [0.05, 0.1) is 19.8 Å². The van der Waals surface area contributed by atoms with E-state index >= 15 is 8.78 Å². The van der Waals surface area contributed by atoms with E-state index < -0.39 is 37.0 Å². The minimum Gasteiger partial charge on any atom is -0.367 e. The van der Waals surface area contributed by atoms with Crippen LogP contribution in [0.15, 0.2) is 70.9 Å². The average Bonchev–Trinajstić information content (AvgIpc) is 2.79. The second-order valence-electron chi connectivity index (χ2n) is 6.79. The Balaban J connectivity index is 1.85. The Morgan fingerprint density at radius 1 is 0.903 bits per heavy atom. The SMILES string of the molecule is [N-]=[N+]=NC[C@H]1OC(OCc2ccccc2)C(N=[N+]=[N-])[C@@H](OCc2ccccc2)C1(F)F. The van der Waals surface area contributed by atoms with Crippen molar-refractivity contribution in [1.82, 2.24) is 0 Å². The van der Waals surface area contributed by atoms with E-state index in [2.05, 4.69) is 20.1 Å². The molecule has 0 bridgehead atoms. The number of alkyl halides is 2. The third-order valence-electron chi connectivity index (χ3n) is 4.72. The van der Waals surface area contributed by atoms with Crippen molar-refractivity contribution in [3.63, 3.8) is 0 Å². The minimum atomic E-state index is -3.60. The van der Waals surface area contributed by atoms with Gasteiger partial charge in [0.1, 0.15) is 18.2 Å². The zero-order valence-electron chi connectivity index (χ0n) is 16.4. The van der Waals surface area contributed by atoms with E-state index in [-0.39, 0.29) is 13.2 Å². The Morgan fingerprint density at radius 2 is 1.48 bits per heavy atom. The van der Waals surface area contributed by atoms with Gasteiger partial charge in [0.15, 0.2) is 6.29 Å². The van der Waals surface area contributed by atoms with Crippen molar-refractivity contribution in [1.29, 1.82) is 0 Å². The number of benzene rings is 2. The summed E-state index contributed by atoms with van der Waals surface area (Å²) in [7, 11) is 0. The molecule has 0 amide bonds. The molecule has 1 fully saturated rings. The highest BCUT2D eigenvalue weighted by Gasteiger charge is 2.59. The molecule has 2 unspecified atom stereocenters. The normalized spacial score (nSPS) is 24.6. The van der Waals surface area contributed by atoms with Gasteiger partial charge < -0.3 is 14.2 Å². The van der Waals surface area contributed by atoms with Crippen molar-refractivity contribution in [2.75, 3.05) is 6.54 Å². The molecule has 0 radical (unpaired) electrons. The van der Waals surface area contributed by atoms with Gasteiger partial charge in [-0.3, -0.25) is 0 Å². The molecule has 3 rings (SSSR count). The predicted octanol–water partition coefficient (Wildman–Crippen LogP) is 5.14. The molecule has 31 heavy (non-hydrogen) atoms. The maximum Gasteiger partial charge on any atom is 0.300 e. The van der Waals surface area contributed by atoms with Crippen LogP contribution in [0.5, 0.6) is 0 Å². The van der Waals surface area contributed by atoms with Crippen LogP contribution in [-0.4, -0.2) is 37.0 Å². The second-order valence-corrected chi connectivity index (χ2v) is 6.79. The van der Waals surface area contributed by atoms with Crippen molar-refractivity contribution < 1.29 is 23.0 Å². The van der Waals surface area contributed by atoms with Crippen molar-refractivity contribution in [2.24, 2.45) is 10.2 Å². The summed E-state index contributed by atoms with van der Waals surface area (Å²) in [6.07, 6.45) is -4.98. The lowest BCUT2D eigenvalue weighted by Crippen LogP contribution is -2.63. The summed E-state index contributed by atoms with van der Waals surface area (Å²) in [5.74, 6) is -3.60. The van der Waals surface area contributed by atoms with Crippen LogP contribution in [0.2, 0.25) is 0 Å². The number of rotatable bonds is 9. The van der Waals surface area contributed by atoms with Gasteiger partial charge in [0.25, 0.3) is 5.92 Å². The molecule has 1 saturated heterocycles. The molecule has 2 aromatic rings. The third-order valence-corrected chi connectivity index (χ3v) is 4.72. The lowest BCUT2D eigenvalue weighted by Gasteiger charge is -2.44. The van der Waals surface area contributed by atoms with Gasteiger partial charge in [-0.05, 0) is 22.2 Å². The molecule has 2 aromatic carbocycles. The van der Waals surface area contributed by atoms with E-state index in [9.17, 15) is 0 Å². The zero-order chi connectivity index (χ0) is 22.1. The van der Waals surface area contributed by atoms with Crippen LogP contribution >= 0.6 is 0 Å². The standard InChI is InChI=1S/C20H20F2N6O3/c21-20(22)16(11-25-27-23)31-19(30-13-15-9-5-2-6-10-15)17(26-28-24)18(20)29-12-14-7-3-1-4-8-14/h1-10,16-19H,11-13H2/t16-,17?,18-,19?/m1/s1. The molecule has 4 atom stereocenters. The van der Waals surface area contributed by atoms with E-state index in [1.807, 2.05) is 6.07 Å². The number of nitrogens with zero attached hydrogens (tertiary/aromatic N) is 6. The van der Waals surface area contributed by atoms with E-state index in [1.165, 1.54) is 0 Å². The van der Waals surface area contributed by atoms with Crippen LogP contribution in [0, 0.1) is 0 Å². The molecule has 1 heterocycles. The lowest BCUT2D eigenvalue weighted by molar-refractivity contribution is -0.318. The number of ether oxygens (including phenoxy) is 3. The summed E-state index contributed by atoms with van der Waals surface area (Å²) in [4.78, 5) is 5.23. The summed E-state index contributed by atoms with van der Waals surface area (Å²) in [6.45, 7) is -0.741. The summed E-state index contributed by atoms with van der Waals surface area (Å²) in [5, 5.41) is 6.73. The molecule has 0 saturated carbocycles. The topological polar surface area (TPSA) is 125 Å². The smallest absolute Gasteiger partial charge is 0.300 e. The van der Waals surface area contributed by atoms with E-state index in [0.717, 1.165) is 5.56 Å². The molecule has 0 aliphatic carbocycles. The van der Waals surface area contributed by atoms with Gasteiger partial charge in [-0.25, -0.2) is 8.78 Å². The fourth-order valence-electron chi connectivity index (χ4n) is 3.20. The van der Waals surface area contributed by atoms with Crippen molar-refractivity contribution >= 4 is 0 Å². The van der Waals surface area contributed by atoms with Crippen molar-refractivity contribution in [3.8, 4) is 0 Å². The minimum absolute atomic E-state index is 0.0359. The van der Waals surface area contributed by atoms with Gasteiger partial charge in [-0.1, -0.05) is 70.9 Å². The second kappa shape index (κ2) is 10.7. The molecule has 0 aromatic heterocycles. The third kappa shape index (κ3) is 5.69. The van der Waals surface area contributed by atoms with Gasteiger partial charge in [0, 0.05) is 9.82 Å². The van der Waals surface area contributed by atoms with Gasteiger partial charge in [0.2, 0.25) is 0 Å². The first kappa shape index (κ1) is 22.5. The Kier molecular flexibility index (Phi) is 7.77. The van der Waals surface area contributed by atoms with E-state index in [4.69, 9.17) is 25.3 Å². The van der Waals surface area contributed by atoms with E-state index in [0.29, 0.717) is 5.56 Å². The molecular formula is C20H20F2N6O3. The van der Waals surface area contributed by atoms with Crippen LogP contribution in [-0.2, 0) is 27.4 Å². The van der Waals surface area contributed by atoms with Gasteiger partial charge >= 0.3 is 0 Å². The summed E-state index contributed by atoms with van der Waals surface area (Å²) >= 11 is 0. The quantitative estimate of drug-likeness (QED) is 0.311. The Morgan fingerprint density at radius 3 is 2.03 bits per heavy atom. The highest BCUT2D eigenvalue weighted by Crippen LogP contribution is 2.39. The Hall–Kier alpha value is -3.20. The van der Waals surface area contributed by atoms with Crippen LogP contribution in [0.1, 0.15) is 11.1 Å². The number of halogens is 2. The molecular weight excluding hydrogens is 410 g/mol. The van der Waals surface area contributed by atoms with Crippen LogP contribution in [0.4, 0.5) is 8.78 Å². The Bertz CT molecular complexity index is 936. The van der Waals surface area contributed by atoms with Crippen LogP contribution in [0.25, 0.3) is 20.9 Å². The van der Waals surface area contributed by atoms with Gasteiger partial charge in [-0.15, -0.1) is 0 Å². The highest BCUT2D eigenvalue weighted by molar-refractivity contribution is 5.15. The predicted molar refractivity (Wildman–Crippen MR) is 107 cm³/mol. The van der Waals surface area contributed by atoms with Gasteiger partial charge in [-0.2, -0.15) is 0 Å². The zero-order valence-corrected chi connectivity index (χ0v) is 16.4. The molecule has 9 nitrogen and oxygen atoms in total. The Labute approximate surface area is 176 Å². The monoisotopic (exact) mass is 430 g/mol. The molecule has 0 N–H and O–H groups in total. The van der Waals surface area contributed by atoms with Crippen LogP contribution < -0.4 is 0 Å². The average molecular weight is 430 g/mol. The first-order valence-corrected chi connectivity index (χ1v) is 9.45. The summed E-state index contributed by atoms with van der Waals surface area (Å²) in [5.41, 5.74) is 19.0. The number of azide groups is 2. The number of hydrogen-bond donors (Lipinski definition) is 0. The molecule has 1 aliphatic heterocycles. The first-order valence-electron chi connectivity index (χ1n) is 9.45. The highest BCUT2D eigenvalue weighted by atomic mass is 19.3. The summed E-state index contributed by atoms with van der Waals surface area (Å²) < 4.78 is 47.0. The number of hydrogen-bond acceptors (Lipinski definition) is 5. The maximum absolute atomic E-state index is 15.2.